The highest BCUT2D eigenvalue weighted by Gasteiger charge is 2.14. The van der Waals surface area contributed by atoms with Crippen molar-refractivity contribution in [2.45, 2.75) is 20.5 Å². The largest absolute Gasteiger partial charge is 0.457 e. The molecule has 0 radical (unpaired) electrons. The molecule has 0 atom stereocenters. The molecule has 9 nitrogen and oxygen atoms in total. The van der Waals surface area contributed by atoms with Crippen LogP contribution >= 0.6 is 0 Å². The lowest BCUT2D eigenvalue weighted by molar-refractivity contribution is 0.275. The predicted molar refractivity (Wildman–Crippen MR) is 80.2 cm³/mol. The van der Waals surface area contributed by atoms with Crippen LogP contribution in [0.4, 0.5) is 0 Å². The van der Waals surface area contributed by atoms with Crippen LogP contribution in [0.3, 0.4) is 0 Å². The first-order valence-corrected chi connectivity index (χ1v) is 6.93. The van der Waals surface area contributed by atoms with E-state index in [9.17, 15) is 4.79 Å². The zero-order valence-electron chi connectivity index (χ0n) is 13.0. The minimum atomic E-state index is -0.329. The average molecular weight is 313 g/mol. The molecule has 23 heavy (non-hydrogen) atoms. The summed E-state index contributed by atoms with van der Waals surface area (Å²) in [5.41, 5.74) is 2.76. The second kappa shape index (κ2) is 5.95. The minimum absolute atomic E-state index is 0.177. The smallest absolute Gasteiger partial charge is 0.368 e. The van der Waals surface area contributed by atoms with E-state index in [2.05, 4.69) is 25.6 Å². The second-order valence-corrected chi connectivity index (χ2v) is 5.04. The zero-order valence-corrected chi connectivity index (χ0v) is 13.0. The van der Waals surface area contributed by atoms with Gasteiger partial charge in [0.15, 0.2) is 0 Å². The van der Waals surface area contributed by atoms with Crippen molar-refractivity contribution in [1.29, 1.82) is 0 Å². The van der Waals surface area contributed by atoms with Gasteiger partial charge in [-0.15, -0.1) is 5.10 Å². The van der Waals surface area contributed by atoms with Crippen LogP contribution in [-0.2, 0) is 13.7 Å². The van der Waals surface area contributed by atoms with Gasteiger partial charge < -0.3 is 4.74 Å². The number of hydrogen-bond acceptors (Lipinski definition) is 7. The van der Waals surface area contributed by atoms with Gasteiger partial charge in [0.05, 0.1) is 17.6 Å². The number of tetrazole rings is 1. The number of ether oxygens (including phenoxy) is 1. The Balaban J connectivity index is 1.94. The summed E-state index contributed by atoms with van der Waals surface area (Å²) in [7, 11) is 1.55. The Hall–Kier alpha value is -3.10. The van der Waals surface area contributed by atoms with Crippen LogP contribution in [0.25, 0.3) is 5.69 Å². The highest BCUT2D eigenvalue weighted by atomic mass is 16.5. The number of aromatic nitrogens is 7. The van der Waals surface area contributed by atoms with Gasteiger partial charge in [0.25, 0.3) is 0 Å². The van der Waals surface area contributed by atoms with Gasteiger partial charge in [-0.25, -0.2) is 9.78 Å². The minimum Gasteiger partial charge on any atom is -0.457 e. The highest BCUT2D eigenvalue weighted by Crippen LogP contribution is 2.18. The third-order valence-electron chi connectivity index (χ3n) is 3.34. The van der Waals surface area contributed by atoms with Crippen LogP contribution in [0.15, 0.2) is 29.2 Å². The molecule has 118 valence electrons. The van der Waals surface area contributed by atoms with Crippen molar-refractivity contribution in [2.75, 3.05) is 0 Å². The van der Waals surface area contributed by atoms with Crippen molar-refractivity contribution in [3.05, 3.63) is 51.7 Å². The molecule has 0 unspecified atom stereocenters. The van der Waals surface area contributed by atoms with Crippen molar-refractivity contribution in [2.24, 2.45) is 7.05 Å². The fraction of sp³-hybridized carbons (Fsp3) is 0.286. The first-order valence-electron chi connectivity index (χ1n) is 6.93. The maximum atomic E-state index is 12.1. The number of rotatable bonds is 4. The summed E-state index contributed by atoms with van der Waals surface area (Å²) in [5.74, 6) is 0. The van der Waals surface area contributed by atoms with Crippen LogP contribution in [0.1, 0.15) is 16.8 Å². The molecule has 0 aliphatic rings. The Kier molecular flexibility index (Phi) is 3.83. The molecule has 2 heterocycles. The van der Waals surface area contributed by atoms with E-state index in [4.69, 9.17) is 4.74 Å². The SMILES string of the molecule is Cc1cnc(OCc2c(C)cccc2-n2nnn(C)c2=O)nn1. The van der Waals surface area contributed by atoms with E-state index in [0.717, 1.165) is 11.1 Å². The van der Waals surface area contributed by atoms with Crippen LogP contribution in [-0.4, -0.2) is 35.0 Å². The molecule has 9 heteroatoms. The fourth-order valence-corrected chi connectivity index (χ4v) is 2.06. The monoisotopic (exact) mass is 313 g/mol. The van der Waals surface area contributed by atoms with E-state index in [0.29, 0.717) is 11.4 Å². The number of aryl methyl sites for hydroxylation is 3. The number of nitrogens with zero attached hydrogens (tertiary/aromatic N) is 7. The van der Waals surface area contributed by atoms with Crippen LogP contribution in [0.2, 0.25) is 0 Å². The van der Waals surface area contributed by atoms with Gasteiger partial charge in [0, 0.05) is 12.6 Å². The van der Waals surface area contributed by atoms with Crippen LogP contribution in [0, 0.1) is 13.8 Å². The molecule has 1 aromatic carbocycles. The normalized spacial score (nSPS) is 10.7. The molecule has 0 aliphatic carbocycles. The van der Waals surface area contributed by atoms with E-state index in [1.54, 1.807) is 26.2 Å². The molecule has 0 fully saturated rings. The Morgan fingerprint density at radius 1 is 1.17 bits per heavy atom. The molecule has 0 saturated carbocycles. The Labute approximate surface area is 131 Å². The maximum Gasteiger partial charge on any atom is 0.368 e. The van der Waals surface area contributed by atoms with Crippen molar-refractivity contribution in [3.63, 3.8) is 0 Å². The first kappa shape index (κ1) is 14.8. The van der Waals surface area contributed by atoms with Gasteiger partial charge in [-0.05, 0) is 35.9 Å². The van der Waals surface area contributed by atoms with E-state index in [1.807, 2.05) is 19.1 Å². The van der Waals surface area contributed by atoms with E-state index >= 15 is 0 Å². The van der Waals surface area contributed by atoms with E-state index < -0.39 is 0 Å². The van der Waals surface area contributed by atoms with Crippen molar-refractivity contribution in [3.8, 4) is 11.7 Å². The third kappa shape index (κ3) is 2.93. The predicted octanol–water partition coefficient (Wildman–Crippen LogP) is 0.347. The Bertz CT molecular complexity index is 883. The zero-order chi connectivity index (χ0) is 16.4. The molecule has 0 amide bonds. The van der Waals surface area contributed by atoms with Crippen LogP contribution in [0.5, 0.6) is 6.01 Å². The number of hydrogen-bond donors (Lipinski definition) is 0. The molecule has 3 rings (SSSR count). The topological polar surface area (TPSA) is 101 Å². The molecular formula is C14H15N7O2. The molecule has 2 aromatic heterocycles. The molecular weight excluding hydrogens is 298 g/mol. The summed E-state index contributed by atoms with van der Waals surface area (Å²) >= 11 is 0. The van der Waals surface area contributed by atoms with Gasteiger partial charge in [0.1, 0.15) is 6.61 Å². The standard InChI is InChI=1S/C14H15N7O2/c1-9-5-4-6-12(21-14(22)20(3)18-19-21)11(9)8-23-13-15-7-10(2)16-17-13/h4-7H,8H2,1-3H3. The average Bonchev–Trinajstić information content (AvgIpc) is 2.87. The lowest BCUT2D eigenvalue weighted by Gasteiger charge is -2.11. The molecule has 0 spiro atoms. The summed E-state index contributed by atoms with van der Waals surface area (Å²) in [4.78, 5) is 16.1. The first-order chi connectivity index (χ1) is 11.1. The van der Waals surface area contributed by atoms with Gasteiger partial charge in [-0.2, -0.15) is 9.36 Å². The van der Waals surface area contributed by atoms with Gasteiger partial charge in [-0.3, -0.25) is 0 Å². The highest BCUT2D eigenvalue weighted by molar-refractivity contribution is 5.44. The summed E-state index contributed by atoms with van der Waals surface area (Å²) < 4.78 is 7.98. The summed E-state index contributed by atoms with van der Waals surface area (Å²) in [6, 6.07) is 5.74. The van der Waals surface area contributed by atoms with Gasteiger partial charge in [0.2, 0.25) is 0 Å². The molecule has 0 N–H and O–H groups in total. The van der Waals surface area contributed by atoms with Crippen molar-refractivity contribution < 1.29 is 4.74 Å². The quantitative estimate of drug-likeness (QED) is 0.685. The third-order valence-corrected chi connectivity index (χ3v) is 3.34. The Morgan fingerprint density at radius 3 is 2.65 bits per heavy atom. The lowest BCUT2D eigenvalue weighted by Crippen LogP contribution is -2.23. The summed E-state index contributed by atoms with van der Waals surface area (Å²) in [6.45, 7) is 3.91. The van der Waals surface area contributed by atoms with Crippen molar-refractivity contribution >= 4 is 0 Å². The van der Waals surface area contributed by atoms with Crippen LogP contribution < -0.4 is 10.4 Å². The molecule has 0 aliphatic heterocycles. The Morgan fingerprint density at radius 2 is 2.00 bits per heavy atom. The molecule has 0 bridgehead atoms. The maximum absolute atomic E-state index is 12.1. The van der Waals surface area contributed by atoms with Gasteiger partial charge in [-0.1, -0.05) is 17.2 Å². The lowest BCUT2D eigenvalue weighted by atomic mass is 10.1. The van der Waals surface area contributed by atoms with Gasteiger partial charge >= 0.3 is 11.7 Å². The van der Waals surface area contributed by atoms with Crippen molar-refractivity contribution in [1.82, 2.24) is 35.0 Å². The van der Waals surface area contributed by atoms with E-state index in [1.165, 1.54) is 9.36 Å². The molecule has 0 saturated heterocycles. The summed E-state index contributed by atoms with van der Waals surface area (Å²) in [6.07, 6.45) is 1.58. The fourth-order valence-electron chi connectivity index (χ4n) is 2.06. The summed E-state index contributed by atoms with van der Waals surface area (Å²) in [5, 5.41) is 15.4. The molecule has 3 aromatic rings. The number of benzene rings is 1. The van der Waals surface area contributed by atoms with E-state index in [-0.39, 0.29) is 18.3 Å². The second-order valence-electron chi connectivity index (χ2n) is 5.04.